The lowest BCUT2D eigenvalue weighted by Gasteiger charge is -1.96. The predicted octanol–water partition coefficient (Wildman–Crippen LogP) is 1.61. The molecule has 1 aromatic rings. The van der Waals surface area contributed by atoms with E-state index in [4.69, 9.17) is 0 Å². The Balaban J connectivity index is 2.74. The Morgan fingerprint density at radius 1 is 1.56 bits per heavy atom. The maximum atomic E-state index is 13.5. The largest absolute Gasteiger partial charge is 0.355 e. The number of nitrogens with one attached hydrogen (secondary N) is 1. The molecule has 6 heteroatoms. The molecule has 0 saturated heterocycles. The first-order valence-electron chi connectivity index (χ1n) is 5.18. The standard InChI is InChI=1S/C12H11FN2O3/c1-9(16)14-8-3-2-5-10-6-4-7-11(12(10)13)15(17)18/h4,6-7H,3,8H2,1H3,(H,14,16). The molecule has 0 aliphatic rings. The summed E-state index contributed by atoms with van der Waals surface area (Å²) in [5, 5.41) is 13.0. The summed E-state index contributed by atoms with van der Waals surface area (Å²) in [5.74, 6) is 4.03. The molecule has 94 valence electrons. The van der Waals surface area contributed by atoms with Crippen molar-refractivity contribution in [1.29, 1.82) is 0 Å². The fraction of sp³-hybridized carbons (Fsp3) is 0.250. The number of halogens is 1. The summed E-state index contributed by atoms with van der Waals surface area (Å²) in [6, 6.07) is 3.82. The summed E-state index contributed by atoms with van der Waals surface area (Å²) in [4.78, 5) is 20.3. The highest BCUT2D eigenvalue weighted by Gasteiger charge is 2.15. The first kappa shape index (κ1) is 13.6. The van der Waals surface area contributed by atoms with E-state index in [1.165, 1.54) is 19.1 Å². The molecule has 5 nitrogen and oxygen atoms in total. The Labute approximate surface area is 103 Å². The molecule has 0 unspecified atom stereocenters. The first-order valence-corrected chi connectivity index (χ1v) is 5.18. The van der Waals surface area contributed by atoms with Crippen molar-refractivity contribution in [3.63, 3.8) is 0 Å². The van der Waals surface area contributed by atoms with Crippen molar-refractivity contribution < 1.29 is 14.1 Å². The molecule has 1 rings (SSSR count). The highest BCUT2D eigenvalue weighted by molar-refractivity contribution is 5.72. The molecule has 0 spiro atoms. The number of nitro groups is 1. The Bertz CT molecular complexity index is 532. The third-order valence-corrected chi connectivity index (χ3v) is 2.02. The molecule has 0 aromatic heterocycles. The van der Waals surface area contributed by atoms with Gasteiger partial charge in [0, 0.05) is 26.0 Å². The number of carbonyl (C=O) groups excluding carboxylic acids is 1. The van der Waals surface area contributed by atoms with Crippen molar-refractivity contribution in [1.82, 2.24) is 5.32 Å². The third kappa shape index (κ3) is 3.87. The molecule has 1 aromatic carbocycles. The number of nitro benzene ring substituents is 1. The van der Waals surface area contributed by atoms with Crippen molar-refractivity contribution in [2.24, 2.45) is 0 Å². The zero-order chi connectivity index (χ0) is 13.5. The summed E-state index contributed by atoms with van der Waals surface area (Å²) in [7, 11) is 0. The molecule has 1 N–H and O–H groups in total. The van der Waals surface area contributed by atoms with E-state index in [0.29, 0.717) is 13.0 Å². The topological polar surface area (TPSA) is 72.2 Å². The van der Waals surface area contributed by atoms with E-state index >= 15 is 0 Å². The molecule has 0 fully saturated rings. The van der Waals surface area contributed by atoms with Gasteiger partial charge in [0.25, 0.3) is 0 Å². The molecule has 0 atom stereocenters. The zero-order valence-corrected chi connectivity index (χ0v) is 9.70. The van der Waals surface area contributed by atoms with Gasteiger partial charge >= 0.3 is 5.69 Å². The molecule has 0 aliphatic heterocycles. The quantitative estimate of drug-likeness (QED) is 0.383. The van der Waals surface area contributed by atoms with Gasteiger partial charge in [-0.15, -0.1) is 0 Å². The van der Waals surface area contributed by atoms with Gasteiger partial charge in [-0.25, -0.2) is 0 Å². The van der Waals surface area contributed by atoms with E-state index < -0.39 is 16.4 Å². The summed E-state index contributed by atoms with van der Waals surface area (Å²) >= 11 is 0. The van der Waals surface area contributed by atoms with Crippen molar-refractivity contribution in [2.45, 2.75) is 13.3 Å². The van der Waals surface area contributed by atoms with Crippen molar-refractivity contribution in [3.05, 3.63) is 39.7 Å². The van der Waals surface area contributed by atoms with Crippen LogP contribution < -0.4 is 5.32 Å². The number of nitrogens with zero attached hydrogens (tertiary/aromatic N) is 1. The minimum absolute atomic E-state index is 0.0213. The average molecular weight is 250 g/mol. The van der Waals surface area contributed by atoms with Crippen LogP contribution in [0.4, 0.5) is 10.1 Å². The normalized spacial score (nSPS) is 9.22. The SMILES string of the molecule is CC(=O)NCCC#Cc1cccc([N+](=O)[O-])c1F. The lowest BCUT2D eigenvalue weighted by Crippen LogP contribution is -2.20. The van der Waals surface area contributed by atoms with Gasteiger partial charge in [-0.1, -0.05) is 17.9 Å². The lowest BCUT2D eigenvalue weighted by molar-refractivity contribution is -0.387. The van der Waals surface area contributed by atoms with E-state index in [0.717, 1.165) is 6.07 Å². The second kappa shape index (κ2) is 6.35. The fourth-order valence-corrected chi connectivity index (χ4v) is 1.22. The van der Waals surface area contributed by atoms with Crippen LogP contribution in [0.5, 0.6) is 0 Å². The Morgan fingerprint density at radius 3 is 2.89 bits per heavy atom. The van der Waals surface area contributed by atoms with Gasteiger partial charge in [0.1, 0.15) is 0 Å². The summed E-state index contributed by atoms with van der Waals surface area (Å²) in [6.45, 7) is 1.74. The van der Waals surface area contributed by atoms with Gasteiger partial charge in [-0.05, 0) is 6.07 Å². The Morgan fingerprint density at radius 2 is 2.28 bits per heavy atom. The van der Waals surface area contributed by atoms with E-state index in [9.17, 15) is 19.3 Å². The number of hydrogen-bond acceptors (Lipinski definition) is 3. The average Bonchev–Trinajstić information content (AvgIpc) is 2.30. The number of hydrogen-bond donors (Lipinski definition) is 1. The minimum Gasteiger partial charge on any atom is -0.355 e. The van der Waals surface area contributed by atoms with Crippen molar-refractivity contribution in [2.75, 3.05) is 6.54 Å². The van der Waals surface area contributed by atoms with Crippen LogP contribution in [0.25, 0.3) is 0 Å². The highest BCUT2D eigenvalue weighted by atomic mass is 19.1. The molecule has 0 bridgehead atoms. The summed E-state index contributed by atoms with van der Waals surface area (Å²) in [6.07, 6.45) is 0.349. The monoisotopic (exact) mass is 250 g/mol. The smallest absolute Gasteiger partial charge is 0.306 e. The minimum atomic E-state index is -0.936. The maximum Gasteiger partial charge on any atom is 0.306 e. The number of amides is 1. The van der Waals surface area contributed by atoms with Crippen molar-refractivity contribution in [3.8, 4) is 11.8 Å². The highest BCUT2D eigenvalue weighted by Crippen LogP contribution is 2.19. The van der Waals surface area contributed by atoms with Gasteiger partial charge in [0.15, 0.2) is 0 Å². The third-order valence-electron chi connectivity index (χ3n) is 2.02. The van der Waals surface area contributed by atoms with Crippen LogP contribution in [0.2, 0.25) is 0 Å². The van der Waals surface area contributed by atoms with Crippen LogP contribution in [0.1, 0.15) is 18.9 Å². The van der Waals surface area contributed by atoms with E-state index in [1.54, 1.807) is 0 Å². The summed E-state index contributed by atoms with van der Waals surface area (Å²) in [5.41, 5.74) is -0.615. The Hall–Kier alpha value is -2.42. The molecule has 18 heavy (non-hydrogen) atoms. The van der Waals surface area contributed by atoms with Crippen LogP contribution in [-0.4, -0.2) is 17.4 Å². The molecule has 0 heterocycles. The van der Waals surface area contributed by atoms with Gasteiger partial charge in [0.2, 0.25) is 11.7 Å². The van der Waals surface area contributed by atoms with Gasteiger partial charge in [0.05, 0.1) is 10.5 Å². The van der Waals surface area contributed by atoms with Gasteiger partial charge in [-0.3, -0.25) is 14.9 Å². The van der Waals surface area contributed by atoms with Crippen LogP contribution in [0.15, 0.2) is 18.2 Å². The number of carbonyl (C=O) groups is 1. The molecular weight excluding hydrogens is 239 g/mol. The second-order valence-corrected chi connectivity index (χ2v) is 3.43. The van der Waals surface area contributed by atoms with E-state index in [-0.39, 0.29) is 11.5 Å². The Kier molecular flexibility index (Phi) is 4.81. The molecule has 0 saturated carbocycles. The second-order valence-electron chi connectivity index (χ2n) is 3.43. The van der Waals surface area contributed by atoms with Crippen LogP contribution >= 0.6 is 0 Å². The first-order chi connectivity index (χ1) is 8.52. The van der Waals surface area contributed by atoms with Crippen LogP contribution in [0, 0.1) is 27.8 Å². The molecule has 1 amide bonds. The van der Waals surface area contributed by atoms with Crippen LogP contribution in [-0.2, 0) is 4.79 Å². The van der Waals surface area contributed by atoms with Gasteiger partial charge in [-0.2, -0.15) is 4.39 Å². The number of benzene rings is 1. The van der Waals surface area contributed by atoms with Crippen molar-refractivity contribution >= 4 is 11.6 Å². The molecular formula is C12H11FN2O3. The van der Waals surface area contributed by atoms with E-state index in [2.05, 4.69) is 17.2 Å². The fourth-order valence-electron chi connectivity index (χ4n) is 1.22. The molecule has 0 radical (unpaired) electrons. The van der Waals surface area contributed by atoms with Crippen LogP contribution in [0.3, 0.4) is 0 Å². The van der Waals surface area contributed by atoms with Gasteiger partial charge < -0.3 is 5.32 Å². The predicted molar refractivity (Wildman–Crippen MR) is 63.2 cm³/mol. The molecule has 0 aliphatic carbocycles. The number of rotatable bonds is 3. The summed E-state index contributed by atoms with van der Waals surface area (Å²) < 4.78 is 13.5. The maximum absolute atomic E-state index is 13.5. The van der Waals surface area contributed by atoms with E-state index in [1.807, 2.05) is 0 Å². The lowest BCUT2D eigenvalue weighted by atomic mass is 10.2. The zero-order valence-electron chi connectivity index (χ0n) is 9.70.